The van der Waals surface area contributed by atoms with Crippen LogP contribution in [-0.4, -0.2) is 38.2 Å². The number of amides is 3. The van der Waals surface area contributed by atoms with Crippen LogP contribution in [-0.2, 0) is 11.3 Å². The molecule has 0 saturated carbocycles. The normalized spacial score (nSPS) is 12.7. The van der Waals surface area contributed by atoms with Gasteiger partial charge in [0.2, 0.25) is 5.91 Å². The summed E-state index contributed by atoms with van der Waals surface area (Å²) in [5.41, 5.74) is 5.00. The molecule has 0 aliphatic carbocycles. The maximum absolute atomic E-state index is 12.8. The highest BCUT2D eigenvalue weighted by Crippen LogP contribution is 2.31. The van der Waals surface area contributed by atoms with Crippen LogP contribution in [0.2, 0.25) is 0 Å². The minimum atomic E-state index is -0.331. The Kier molecular flexibility index (Phi) is 6.62. The average molecular weight is 512 g/mol. The number of hydrogen-bond acceptors (Lipinski definition) is 6. The molecule has 9 heteroatoms. The van der Waals surface area contributed by atoms with Gasteiger partial charge < -0.3 is 9.88 Å². The van der Waals surface area contributed by atoms with Crippen molar-refractivity contribution in [3.63, 3.8) is 0 Å². The smallest absolute Gasteiger partial charge is 0.266 e. The molecule has 8 nitrogen and oxygen atoms in total. The first-order chi connectivity index (χ1) is 17.9. The predicted octanol–water partition coefficient (Wildman–Crippen LogP) is 5.11. The van der Waals surface area contributed by atoms with E-state index in [0.717, 1.165) is 22.4 Å². The van der Waals surface area contributed by atoms with Gasteiger partial charge in [-0.1, -0.05) is 36.0 Å². The van der Waals surface area contributed by atoms with Gasteiger partial charge in [0.15, 0.2) is 11.0 Å². The molecule has 0 bridgehead atoms. The maximum Gasteiger partial charge on any atom is 0.266 e. The van der Waals surface area contributed by atoms with E-state index in [4.69, 9.17) is 0 Å². The Balaban J connectivity index is 1.30. The monoisotopic (exact) mass is 511 g/mol. The summed E-state index contributed by atoms with van der Waals surface area (Å²) in [6.45, 7) is 6.55. The third-order valence-electron chi connectivity index (χ3n) is 6.21. The van der Waals surface area contributed by atoms with Crippen LogP contribution in [0.25, 0.3) is 11.4 Å². The minimum absolute atomic E-state index is 0.115. The summed E-state index contributed by atoms with van der Waals surface area (Å²) in [6.07, 6.45) is 0. The van der Waals surface area contributed by atoms with Gasteiger partial charge in [0.25, 0.3) is 11.8 Å². The van der Waals surface area contributed by atoms with Crippen molar-refractivity contribution in [2.24, 2.45) is 0 Å². The van der Waals surface area contributed by atoms with Crippen LogP contribution in [0.1, 0.15) is 38.8 Å². The number of rotatable bonds is 7. The number of nitrogens with zero attached hydrogens (tertiary/aromatic N) is 4. The van der Waals surface area contributed by atoms with Gasteiger partial charge in [0.05, 0.1) is 22.6 Å². The fourth-order valence-electron chi connectivity index (χ4n) is 4.26. The molecule has 1 N–H and O–H groups in total. The highest BCUT2D eigenvalue weighted by Gasteiger charge is 2.36. The van der Waals surface area contributed by atoms with E-state index < -0.39 is 0 Å². The van der Waals surface area contributed by atoms with Crippen LogP contribution in [0.5, 0.6) is 0 Å². The summed E-state index contributed by atoms with van der Waals surface area (Å²) in [4.78, 5) is 39.3. The number of aromatic nitrogens is 3. The number of benzene rings is 3. The Morgan fingerprint density at radius 2 is 1.59 bits per heavy atom. The third-order valence-corrected chi connectivity index (χ3v) is 7.18. The third kappa shape index (κ3) is 4.65. The first-order valence-electron chi connectivity index (χ1n) is 11.9. The highest BCUT2D eigenvalue weighted by atomic mass is 32.2. The van der Waals surface area contributed by atoms with Crippen LogP contribution in [0.3, 0.4) is 0 Å². The number of thioether (sulfide) groups is 1. The van der Waals surface area contributed by atoms with Crippen molar-refractivity contribution in [1.82, 2.24) is 14.8 Å². The topological polar surface area (TPSA) is 97.2 Å². The lowest BCUT2D eigenvalue weighted by Crippen LogP contribution is -2.29. The quantitative estimate of drug-likeness (QED) is 0.273. The Hall–Kier alpha value is -4.24. The van der Waals surface area contributed by atoms with E-state index in [2.05, 4.69) is 15.5 Å². The molecule has 0 atom stereocenters. The average Bonchev–Trinajstić information content (AvgIpc) is 3.43. The summed E-state index contributed by atoms with van der Waals surface area (Å²) in [7, 11) is 0. The second-order valence-corrected chi connectivity index (χ2v) is 9.69. The maximum atomic E-state index is 12.8. The van der Waals surface area contributed by atoms with Crippen LogP contribution in [0.4, 0.5) is 11.4 Å². The molecule has 0 radical (unpaired) electrons. The molecule has 0 saturated heterocycles. The van der Waals surface area contributed by atoms with Crippen LogP contribution < -0.4 is 10.2 Å². The molecule has 1 aromatic heterocycles. The zero-order valence-electron chi connectivity index (χ0n) is 20.7. The molecule has 2 heterocycles. The first-order valence-corrected chi connectivity index (χ1v) is 12.9. The molecule has 0 fully saturated rings. The van der Waals surface area contributed by atoms with Gasteiger partial charge in [-0.05, 0) is 74.4 Å². The van der Waals surface area contributed by atoms with Crippen LogP contribution in [0.15, 0.2) is 71.9 Å². The number of carbonyl (C=O) groups excluding carboxylic acids is 3. The number of aryl methyl sites for hydroxylation is 2. The molecule has 37 heavy (non-hydrogen) atoms. The fraction of sp³-hybridized carbons (Fsp3) is 0.179. The molecular weight excluding hydrogens is 486 g/mol. The van der Waals surface area contributed by atoms with Gasteiger partial charge in [-0.25, -0.2) is 4.90 Å². The van der Waals surface area contributed by atoms with Crippen molar-refractivity contribution in [2.45, 2.75) is 32.5 Å². The Bertz CT molecular complexity index is 1490. The molecular formula is C28H25N5O3S. The van der Waals surface area contributed by atoms with E-state index in [1.165, 1.54) is 16.7 Å². The molecule has 1 aliphatic rings. The molecule has 4 aromatic rings. The highest BCUT2D eigenvalue weighted by molar-refractivity contribution is 7.99. The predicted molar refractivity (Wildman–Crippen MR) is 144 cm³/mol. The molecule has 1 aliphatic heterocycles. The zero-order valence-corrected chi connectivity index (χ0v) is 21.5. The lowest BCUT2D eigenvalue weighted by atomic mass is 10.1. The molecule has 0 unspecified atom stereocenters. The lowest BCUT2D eigenvalue weighted by Gasteiger charge is -2.14. The molecule has 3 aromatic carbocycles. The summed E-state index contributed by atoms with van der Waals surface area (Å²) < 4.78 is 1.94. The Morgan fingerprint density at radius 1 is 0.919 bits per heavy atom. The second-order valence-electron chi connectivity index (χ2n) is 8.74. The van der Waals surface area contributed by atoms with E-state index >= 15 is 0 Å². The van der Waals surface area contributed by atoms with Gasteiger partial charge in [0.1, 0.15) is 0 Å². The van der Waals surface area contributed by atoms with Gasteiger partial charge in [0, 0.05) is 17.8 Å². The number of hydrogen-bond donors (Lipinski definition) is 1. The first kappa shape index (κ1) is 24.5. The number of anilines is 2. The van der Waals surface area contributed by atoms with Gasteiger partial charge in [-0.2, -0.15) is 0 Å². The second kappa shape index (κ2) is 10.0. The van der Waals surface area contributed by atoms with Crippen molar-refractivity contribution in [1.29, 1.82) is 0 Å². The van der Waals surface area contributed by atoms with Gasteiger partial charge in [-0.3, -0.25) is 14.4 Å². The van der Waals surface area contributed by atoms with Gasteiger partial charge in [-0.15, -0.1) is 10.2 Å². The standard InChI is InChI=1S/C28H25N5O3S/c1-4-32-25(30-31-28(32)37-16-24(34)29-23-15-17(2)9-10-18(23)3)19-11-13-20(14-12-19)33-26(35)21-7-5-6-8-22(21)27(33)36/h5-15H,4,16H2,1-3H3,(H,29,34). The van der Waals surface area contributed by atoms with E-state index in [0.29, 0.717) is 34.3 Å². The van der Waals surface area contributed by atoms with E-state index in [-0.39, 0.29) is 23.5 Å². The van der Waals surface area contributed by atoms with Crippen LogP contribution in [0, 0.1) is 13.8 Å². The largest absolute Gasteiger partial charge is 0.325 e. The molecule has 3 amide bonds. The SMILES string of the molecule is CCn1c(SCC(=O)Nc2cc(C)ccc2C)nnc1-c1ccc(N2C(=O)c3ccccc3C2=O)cc1. The fourth-order valence-corrected chi connectivity index (χ4v) is 5.07. The summed E-state index contributed by atoms with van der Waals surface area (Å²) in [6, 6.07) is 19.9. The summed E-state index contributed by atoms with van der Waals surface area (Å²) in [5.74, 6) is 0.0698. The van der Waals surface area contributed by atoms with E-state index in [1.807, 2.05) is 55.7 Å². The van der Waals surface area contributed by atoms with E-state index in [9.17, 15) is 14.4 Å². The number of fused-ring (bicyclic) bond motifs is 1. The van der Waals surface area contributed by atoms with Crippen LogP contribution >= 0.6 is 11.8 Å². The van der Waals surface area contributed by atoms with E-state index in [1.54, 1.807) is 36.4 Å². The van der Waals surface area contributed by atoms with Crippen molar-refractivity contribution in [3.8, 4) is 11.4 Å². The molecule has 5 rings (SSSR count). The number of carbonyl (C=O) groups is 3. The van der Waals surface area contributed by atoms with Crippen molar-refractivity contribution in [3.05, 3.63) is 89.0 Å². The Labute approximate surface area is 218 Å². The number of imide groups is 1. The van der Waals surface area contributed by atoms with Crippen molar-refractivity contribution in [2.75, 3.05) is 16.0 Å². The minimum Gasteiger partial charge on any atom is -0.325 e. The summed E-state index contributed by atoms with van der Waals surface area (Å²) in [5, 5.41) is 12.3. The van der Waals surface area contributed by atoms with Crippen molar-refractivity contribution < 1.29 is 14.4 Å². The number of nitrogens with one attached hydrogen (secondary N) is 1. The molecule has 186 valence electrons. The molecule has 0 spiro atoms. The summed E-state index contributed by atoms with van der Waals surface area (Å²) >= 11 is 1.32. The van der Waals surface area contributed by atoms with Gasteiger partial charge >= 0.3 is 0 Å². The lowest BCUT2D eigenvalue weighted by molar-refractivity contribution is -0.113. The van der Waals surface area contributed by atoms with Crippen molar-refractivity contribution >= 4 is 40.9 Å². The Morgan fingerprint density at radius 3 is 2.24 bits per heavy atom. The zero-order chi connectivity index (χ0) is 26.1.